The number of aromatic nitrogens is 2. The Morgan fingerprint density at radius 2 is 1.86 bits per heavy atom. The molecule has 0 saturated heterocycles. The molecule has 0 aliphatic heterocycles. The number of rotatable bonds is 8. The Morgan fingerprint density at radius 3 is 2.41 bits per heavy atom. The smallest absolute Gasteiger partial charge is 0.308 e. The van der Waals surface area contributed by atoms with Crippen molar-refractivity contribution in [3.05, 3.63) is 57.8 Å². The molecule has 29 heavy (non-hydrogen) atoms. The molecule has 2 rings (SSSR count). The average molecular weight is 401 g/mol. The van der Waals surface area contributed by atoms with Gasteiger partial charge in [0.25, 0.3) is 11.6 Å². The van der Waals surface area contributed by atoms with Crippen molar-refractivity contribution in [2.24, 2.45) is 0 Å². The van der Waals surface area contributed by atoms with Gasteiger partial charge in [0, 0.05) is 20.2 Å². The molecule has 0 radical (unpaired) electrons. The fourth-order valence-corrected chi connectivity index (χ4v) is 2.58. The predicted molar refractivity (Wildman–Crippen MR) is 106 cm³/mol. The lowest BCUT2D eigenvalue weighted by atomic mass is 10.0. The molecule has 1 N–H and O–H groups in total. The SMILES string of the molecule is CC(C)OC(=O)CC(NC(=O)c1ccc(N(C)C)nn1)c1ccccc1[N+](=O)[O-]. The van der Waals surface area contributed by atoms with E-state index in [9.17, 15) is 19.7 Å². The van der Waals surface area contributed by atoms with E-state index in [1.165, 1.54) is 24.3 Å². The van der Waals surface area contributed by atoms with Crippen LogP contribution in [0.25, 0.3) is 0 Å². The number of nitro groups is 1. The first kappa shape index (κ1) is 21.7. The highest BCUT2D eigenvalue weighted by Gasteiger charge is 2.27. The molecule has 1 amide bonds. The third kappa shape index (κ3) is 5.96. The van der Waals surface area contributed by atoms with E-state index in [1.54, 1.807) is 45.0 Å². The van der Waals surface area contributed by atoms with E-state index in [-0.39, 0.29) is 29.5 Å². The first-order chi connectivity index (χ1) is 13.7. The van der Waals surface area contributed by atoms with Crippen molar-refractivity contribution in [2.75, 3.05) is 19.0 Å². The van der Waals surface area contributed by atoms with Crippen molar-refractivity contribution >= 4 is 23.4 Å². The molecule has 0 fully saturated rings. The molecule has 10 nitrogen and oxygen atoms in total. The average Bonchev–Trinajstić information content (AvgIpc) is 2.66. The summed E-state index contributed by atoms with van der Waals surface area (Å²) in [5.41, 5.74) is 0.0185. The lowest BCUT2D eigenvalue weighted by Gasteiger charge is -2.19. The third-order valence-corrected chi connectivity index (χ3v) is 3.89. The normalized spacial score (nSPS) is 11.6. The van der Waals surface area contributed by atoms with Gasteiger partial charge in [0.1, 0.15) is 0 Å². The fourth-order valence-electron chi connectivity index (χ4n) is 2.58. The van der Waals surface area contributed by atoms with E-state index in [0.29, 0.717) is 5.82 Å². The van der Waals surface area contributed by atoms with Gasteiger partial charge < -0.3 is 15.0 Å². The second-order valence-electron chi connectivity index (χ2n) is 6.76. The largest absolute Gasteiger partial charge is 0.463 e. The van der Waals surface area contributed by atoms with Crippen LogP contribution < -0.4 is 10.2 Å². The van der Waals surface area contributed by atoms with Gasteiger partial charge in [-0.15, -0.1) is 10.2 Å². The molecule has 0 spiro atoms. The molecule has 2 aromatic rings. The summed E-state index contributed by atoms with van der Waals surface area (Å²) in [5, 5.41) is 21.9. The molecule has 0 bridgehead atoms. The maximum atomic E-state index is 12.6. The molecule has 1 unspecified atom stereocenters. The number of benzene rings is 1. The molecule has 0 saturated carbocycles. The molecule has 1 heterocycles. The van der Waals surface area contributed by atoms with E-state index >= 15 is 0 Å². The number of nitrogens with zero attached hydrogens (tertiary/aromatic N) is 4. The summed E-state index contributed by atoms with van der Waals surface area (Å²) in [6.45, 7) is 3.39. The van der Waals surface area contributed by atoms with Crippen LogP contribution in [0.4, 0.5) is 11.5 Å². The lowest BCUT2D eigenvalue weighted by Crippen LogP contribution is -2.32. The van der Waals surface area contributed by atoms with Gasteiger partial charge in [-0.3, -0.25) is 19.7 Å². The van der Waals surface area contributed by atoms with Crippen LogP contribution in [0.2, 0.25) is 0 Å². The highest BCUT2D eigenvalue weighted by Crippen LogP contribution is 2.28. The van der Waals surface area contributed by atoms with Gasteiger partial charge in [-0.1, -0.05) is 18.2 Å². The summed E-state index contributed by atoms with van der Waals surface area (Å²) >= 11 is 0. The molecule has 10 heteroatoms. The Balaban J connectivity index is 2.31. The van der Waals surface area contributed by atoms with Crippen LogP contribution in [-0.2, 0) is 9.53 Å². The van der Waals surface area contributed by atoms with Crippen LogP contribution in [0.15, 0.2) is 36.4 Å². The second kappa shape index (κ2) is 9.58. The van der Waals surface area contributed by atoms with Gasteiger partial charge in [-0.05, 0) is 26.0 Å². The van der Waals surface area contributed by atoms with E-state index in [4.69, 9.17) is 4.74 Å². The fraction of sp³-hybridized carbons (Fsp3) is 0.368. The van der Waals surface area contributed by atoms with Crippen LogP contribution in [0.5, 0.6) is 0 Å². The molecular formula is C19H23N5O5. The minimum Gasteiger partial charge on any atom is -0.463 e. The highest BCUT2D eigenvalue weighted by atomic mass is 16.6. The Labute approximate surface area is 168 Å². The topological polar surface area (TPSA) is 128 Å². The summed E-state index contributed by atoms with van der Waals surface area (Å²) in [7, 11) is 3.57. The molecule has 0 aliphatic rings. The van der Waals surface area contributed by atoms with Crippen LogP contribution in [0, 0.1) is 10.1 Å². The van der Waals surface area contributed by atoms with Crippen LogP contribution >= 0.6 is 0 Å². The Hall–Kier alpha value is -3.56. The van der Waals surface area contributed by atoms with E-state index in [1.807, 2.05) is 0 Å². The monoisotopic (exact) mass is 401 g/mol. The van der Waals surface area contributed by atoms with Gasteiger partial charge in [-0.2, -0.15) is 0 Å². The summed E-state index contributed by atoms with van der Waals surface area (Å²) in [6, 6.07) is 8.06. The maximum Gasteiger partial charge on any atom is 0.308 e. The van der Waals surface area contributed by atoms with E-state index in [2.05, 4.69) is 15.5 Å². The summed E-state index contributed by atoms with van der Waals surface area (Å²) < 4.78 is 5.14. The van der Waals surface area contributed by atoms with Crippen LogP contribution in [0.3, 0.4) is 0 Å². The first-order valence-electron chi connectivity index (χ1n) is 8.93. The Kier molecular flexibility index (Phi) is 7.18. The number of amides is 1. The highest BCUT2D eigenvalue weighted by molar-refractivity contribution is 5.93. The van der Waals surface area contributed by atoms with Crippen molar-refractivity contribution in [2.45, 2.75) is 32.4 Å². The number of ether oxygens (including phenoxy) is 1. The number of anilines is 1. The maximum absolute atomic E-state index is 12.6. The van der Waals surface area contributed by atoms with Crippen LogP contribution in [0.1, 0.15) is 42.4 Å². The summed E-state index contributed by atoms with van der Waals surface area (Å²) in [6.07, 6.45) is -0.619. The number of carbonyl (C=O) groups is 2. The molecular weight excluding hydrogens is 378 g/mol. The van der Waals surface area contributed by atoms with Gasteiger partial charge in [0.15, 0.2) is 11.5 Å². The van der Waals surface area contributed by atoms with Crippen LogP contribution in [-0.4, -0.2) is 47.2 Å². The molecule has 0 aliphatic carbocycles. The summed E-state index contributed by atoms with van der Waals surface area (Å²) in [5.74, 6) is -0.627. The van der Waals surface area contributed by atoms with Gasteiger partial charge in [-0.25, -0.2) is 0 Å². The molecule has 1 atom stereocenters. The van der Waals surface area contributed by atoms with Gasteiger partial charge >= 0.3 is 5.97 Å². The number of carbonyl (C=O) groups excluding carboxylic acids is 2. The van der Waals surface area contributed by atoms with Crippen molar-refractivity contribution in [3.63, 3.8) is 0 Å². The Bertz CT molecular complexity index is 883. The number of nitro benzene ring substituents is 1. The zero-order valence-corrected chi connectivity index (χ0v) is 16.7. The molecule has 1 aromatic heterocycles. The van der Waals surface area contributed by atoms with E-state index < -0.39 is 22.8 Å². The Morgan fingerprint density at radius 1 is 1.17 bits per heavy atom. The second-order valence-corrected chi connectivity index (χ2v) is 6.76. The summed E-state index contributed by atoms with van der Waals surface area (Å²) in [4.78, 5) is 37.4. The minimum atomic E-state index is -0.967. The third-order valence-electron chi connectivity index (χ3n) is 3.89. The minimum absolute atomic E-state index is 0.0245. The zero-order valence-electron chi connectivity index (χ0n) is 16.7. The van der Waals surface area contributed by atoms with Crippen molar-refractivity contribution in [3.8, 4) is 0 Å². The standard InChI is InChI=1S/C19H23N5O5/c1-12(2)29-18(25)11-15(13-7-5-6-8-16(13)24(27)28)20-19(26)14-9-10-17(22-21-14)23(3)4/h5-10,12,15H,11H2,1-4H3,(H,20,26). The molecule has 1 aromatic carbocycles. The lowest BCUT2D eigenvalue weighted by molar-refractivity contribution is -0.385. The van der Waals surface area contributed by atoms with Crippen molar-refractivity contribution < 1.29 is 19.2 Å². The zero-order chi connectivity index (χ0) is 21.6. The number of esters is 1. The van der Waals surface area contributed by atoms with Crippen molar-refractivity contribution in [1.82, 2.24) is 15.5 Å². The number of hydrogen-bond donors (Lipinski definition) is 1. The first-order valence-corrected chi connectivity index (χ1v) is 8.93. The van der Waals surface area contributed by atoms with Gasteiger partial charge in [0.2, 0.25) is 0 Å². The number of para-hydroxylation sites is 1. The van der Waals surface area contributed by atoms with E-state index in [0.717, 1.165) is 0 Å². The van der Waals surface area contributed by atoms with Gasteiger partial charge in [0.05, 0.1) is 29.1 Å². The van der Waals surface area contributed by atoms with Crippen molar-refractivity contribution in [1.29, 1.82) is 0 Å². The predicted octanol–water partition coefficient (Wildman–Crippen LogP) is 2.26. The number of hydrogen-bond acceptors (Lipinski definition) is 8. The number of nitrogens with one attached hydrogen (secondary N) is 1. The quantitative estimate of drug-likeness (QED) is 0.405. The molecule has 154 valence electrons.